The van der Waals surface area contributed by atoms with Gasteiger partial charge in [0.2, 0.25) is 0 Å². The van der Waals surface area contributed by atoms with Gasteiger partial charge in [-0.1, -0.05) is 23.8 Å². The minimum Gasteiger partial charge on any atom is -0.290 e. The summed E-state index contributed by atoms with van der Waals surface area (Å²) in [6, 6.07) is 7.11. The van der Waals surface area contributed by atoms with E-state index >= 15 is 0 Å². The van der Waals surface area contributed by atoms with Crippen LogP contribution in [0.15, 0.2) is 23.2 Å². The second kappa shape index (κ2) is 3.33. The van der Waals surface area contributed by atoms with Crippen molar-refractivity contribution in [3.8, 4) is 0 Å². The molecule has 0 saturated heterocycles. The number of hydrogen-bond acceptors (Lipinski definition) is 1. The van der Waals surface area contributed by atoms with Crippen LogP contribution in [0.3, 0.4) is 0 Å². The number of hydrogen-bond donors (Lipinski definition) is 0. The maximum Gasteiger partial charge on any atom is 0.0474 e. The lowest BCUT2D eigenvalue weighted by atomic mass is 10.0. The highest BCUT2D eigenvalue weighted by Gasteiger charge is 2.07. The van der Waals surface area contributed by atoms with Gasteiger partial charge in [0.25, 0.3) is 0 Å². The molecule has 1 heterocycles. The van der Waals surface area contributed by atoms with Crippen molar-refractivity contribution in [3.63, 3.8) is 0 Å². The van der Waals surface area contributed by atoms with E-state index < -0.39 is 0 Å². The van der Waals surface area contributed by atoms with Crippen molar-refractivity contribution in [2.45, 2.75) is 32.7 Å². The highest BCUT2D eigenvalue weighted by molar-refractivity contribution is 5.82. The second-order valence-corrected chi connectivity index (χ2v) is 3.87. The van der Waals surface area contributed by atoms with Crippen molar-refractivity contribution in [1.29, 1.82) is 0 Å². The van der Waals surface area contributed by atoms with Crippen molar-refractivity contribution in [3.05, 3.63) is 34.9 Å². The monoisotopic (exact) mass is 173 g/mol. The van der Waals surface area contributed by atoms with E-state index in [-0.39, 0.29) is 0 Å². The zero-order valence-corrected chi connectivity index (χ0v) is 8.25. The molecule has 0 fully saturated rings. The van der Waals surface area contributed by atoms with E-state index in [1.807, 2.05) is 6.21 Å². The van der Waals surface area contributed by atoms with Crippen molar-refractivity contribution < 1.29 is 0 Å². The predicted octanol–water partition coefficient (Wildman–Crippen LogP) is 2.75. The van der Waals surface area contributed by atoms with Crippen molar-refractivity contribution in [2.24, 2.45) is 4.99 Å². The molecular weight excluding hydrogens is 158 g/mol. The van der Waals surface area contributed by atoms with Gasteiger partial charge in [0.15, 0.2) is 0 Å². The zero-order chi connectivity index (χ0) is 9.26. The van der Waals surface area contributed by atoms with Crippen LogP contribution in [0.2, 0.25) is 0 Å². The molecule has 1 aromatic rings. The quantitative estimate of drug-likeness (QED) is 0.572. The molecule has 1 atom stereocenters. The average Bonchev–Trinajstić information content (AvgIpc) is 2.29. The molecule has 0 radical (unpaired) electrons. The molecule has 0 N–H and O–H groups in total. The molecular formula is C12H15N. The third-order valence-corrected chi connectivity index (χ3v) is 2.60. The normalized spacial score (nSPS) is 20.9. The Morgan fingerprint density at radius 3 is 3.08 bits per heavy atom. The summed E-state index contributed by atoms with van der Waals surface area (Å²) in [7, 11) is 0. The van der Waals surface area contributed by atoms with Gasteiger partial charge in [0, 0.05) is 12.3 Å². The Labute approximate surface area is 79.5 Å². The van der Waals surface area contributed by atoms with Crippen molar-refractivity contribution >= 4 is 6.21 Å². The van der Waals surface area contributed by atoms with E-state index in [9.17, 15) is 0 Å². The summed E-state index contributed by atoms with van der Waals surface area (Å²) in [5, 5.41) is 0. The zero-order valence-electron chi connectivity index (χ0n) is 8.25. The summed E-state index contributed by atoms with van der Waals surface area (Å²) in [6.07, 6.45) is 4.36. The Morgan fingerprint density at radius 1 is 1.38 bits per heavy atom. The van der Waals surface area contributed by atoms with Crippen LogP contribution in [0.4, 0.5) is 0 Å². The van der Waals surface area contributed by atoms with E-state index in [0.29, 0.717) is 6.04 Å². The van der Waals surface area contributed by atoms with Gasteiger partial charge >= 0.3 is 0 Å². The van der Waals surface area contributed by atoms with Gasteiger partial charge in [-0.25, -0.2) is 0 Å². The summed E-state index contributed by atoms with van der Waals surface area (Å²) >= 11 is 0. The lowest BCUT2D eigenvalue weighted by Gasteiger charge is -2.03. The van der Waals surface area contributed by atoms with Crippen LogP contribution in [-0.2, 0) is 6.42 Å². The smallest absolute Gasteiger partial charge is 0.0474 e. The maximum atomic E-state index is 4.48. The Morgan fingerprint density at radius 2 is 2.23 bits per heavy atom. The van der Waals surface area contributed by atoms with Gasteiger partial charge in [0.1, 0.15) is 0 Å². The number of benzene rings is 1. The molecule has 1 aliphatic heterocycles. The van der Waals surface area contributed by atoms with Gasteiger partial charge in [-0.2, -0.15) is 0 Å². The summed E-state index contributed by atoms with van der Waals surface area (Å²) < 4.78 is 0. The number of fused-ring (bicyclic) bond motifs is 1. The van der Waals surface area contributed by atoms with Gasteiger partial charge in [-0.3, -0.25) is 4.99 Å². The lowest BCUT2D eigenvalue weighted by Crippen LogP contribution is -1.96. The standard InChI is InChI=1S/C12H15N/c1-9-3-5-11-6-4-10(2)13-8-12(11)7-9/h3,5,7-8,10H,4,6H2,1-2H3/t10-/m1/s1. The third kappa shape index (κ3) is 1.80. The van der Waals surface area contributed by atoms with E-state index in [0.717, 1.165) is 6.42 Å². The molecule has 2 rings (SSSR count). The van der Waals surface area contributed by atoms with Gasteiger partial charge in [-0.05, 0) is 37.8 Å². The topological polar surface area (TPSA) is 12.4 Å². The fourth-order valence-corrected chi connectivity index (χ4v) is 1.71. The fraction of sp³-hybridized carbons (Fsp3) is 0.417. The molecule has 0 aromatic heterocycles. The van der Waals surface area contributed by atoms with Gasteiger partial charge in [0.05, 0.1) is 0 Å². The van der Waals surface area contributed by atoms with Crippen LogP contribution in [0.5, 0.6) is 0 Å². The average molecular weight is 173 g/mol. The number of aliphatic imine (C=N–C) groups is 1. The van der Waals surface area contributed by atoms with Crippen molar-refractivity contribution in [1.82, 2.24) is 0 Å². The minimum absolute atomic E-state index is 0.479. The number of aryl methyl sites for hydroxylation is 2. The van der Waals surface area contributed by atoms with Gasteiger partial charge in [-0.15, -0.1) is 0 Å². The molecule has 1 heteroatoms. The number of nitrogens with zero attached hydrogens (tertiary/aromatic N) is 1. The lowest BCUT2D eigenvalue weighted by molar-refractivity contribution is 0.677. The summed E-state index contributed by atoms with van der Waals surface area (Å²) in [5.74, 6) is 0. The molecule has 1 aliphatic rings. The minimum atomic E-state index is 0.479. The summed E-state index contributed by atoms with van der Waals surface area (Å²) in [5.41, 5.74) is 4.07. The van der Waals surface area contributed by atoms with Crippen LogP contribution in [0, 0.1) is 6.92 Å². The largest absolute Gasteiger partial charge is 0.290 e. The molecule has 0 unspecified atom stereocenters. The van der Waals surface area contributed by atoms with E-state index in [2.05, 4.69) is 37.0 Å². The third-order valence-electron chi connectivity index (χ3n) is 2.60. The molecule has 1 aromatic carbocycles. The van der Waals surface area contributed by atoms with Crippen LogP contribution < -0.4 is 0 Å². The molecule has 0 bridgehead atoms. The van der Waals surface area contributed by atoms with Crippen LogP contribution in [0.25, 0.3) is 0 Å². The van der Waals surface area contributed by atoms with Gasteiger partial charge < -0.3 is 0 Å². The molecule has 0 spiro atoms. The summed E-state index contributed by atoms with van der Waals surface area (Å²) in [6.45, 7) is 4.30. The first kappa shape index (κ1) is 8.49. The van der Waals surface area contributed by atoms with E-state index in [4.69, 9.17) is 0 Å². The van der Waals surface area contributed by atoms with Crippen LogP contribution in [-0.4, -0.2) is 12.3 Å². The first-order valence-corrected chi connectivity index (χ1v) is 4.88. The molecule has 0 amide bonds. The van der Waals surface area contributed by atoms with E-state index in [1.165, 1.54) is 23.1 Å². The molecule has 1 nitrogen and oxygen atoms in total. The Bertz CT molecular complexity index is 339. The molecule has 13 heavy (non-hydrogen) atoms. The maximum absolute atomic E-state index is 4.48. The Kier molecular flexibility index (Phi) is 2.17. The second-order valence-electron chi connectivity index (χ2n) is 3.87. The highest BCUT2D eigenvalue weighted by Crippen LogP contribution is 2.16. The first-order chi connectivity index (χ1) is 6.25. The van der Waals surface area contributed by atoms with E-state index in [1.54, 1.807) is 0 Å². The highest BCUT2D eigenvalue weighted by atomic mass is 14.8. The van der Waals surface area contributed by atoms with Crippen LogP contribution in [0.1, 0.15) is 30.0 Å². The van der Waals surface area contributed by atoms with Crippen molar-refractivity contribution in [2.75, 3.05) is 0 Å². The first-order valence-electron chi connectivity index (χ1n) is 4.88. The van der Waals surface area contributed by atoms with Crippen LogP contribution >= 0.6 is 0 Å². The SMILES string of the molecule is Cc1ccc2c(c1)C=N[C@H](C)CC2. The molecule has 0 saturated carbocycles. The molecule has 68 valence electrons. The Balaban J connectivity index is 2.42. The Hall–Kier alpha value is -1.11. The number of rotatable bonds is 0. The summed E-state index contributed by atoms with van der Waals surface area (Å²) in [4.78, 5) is 4.48. The fourth-order valence-electron chi connectivity index (χ4n) is 1.71. The molecule has 0 aliphatic carbocycles. The predicted molar refractivity (Wildman–Crippen MR) is 56.6 cm³/mol.